The number of aromatic hydroxyl groups is 1. The molecule has 2 unspecified atom stereocenters. The minimum atomic E-state index is -0.320. The molecule has 1 saturated heterocycles. The number of hydrogen-bond donors (Lipinski definition) is 2. The van der Waals surface area contributed by atoms with Gasteiger partial charge in [-0.05, 0) is 38.9 Å². The molecule has 0 amide bonds. The van der Waals surface area contributed by atoms with Crippen LogP contribution in [0.2, 0.25) is 0 Å². The highest BCUT2D eigenvalue weighted by Crippen LogP contribution is 2.28. The Morgan fingerprint density at radius 1 is 1.53 bits per heavy atom. The number of nitrogens with zero attached hydrogens (tertiary/aromatic N) is 1. The van der Waals surface area contributed by atoms with Gasteiger partial charge in [0.2, 0.25) is 0 Å². The molecule has 2 rings (SSSR count). The predicted molar refractivity (Wildman–Crippen MR) is 74.8 cm³/mol. The van der Waals surface area contributed by atoms with Crippen molar-refractivity contribution >= 4 is 0 Å². The summed E-state index contributed by atoms with van der Waals surface area (Å²) in [6.45, 7) is 7.17. The Morgan fingerprint density at radius 3 is 2.89 bits per heavy atom. The SMILES string of the molecule is CCCN(C1CCNC1)C(C)c1ccc(O)cc1F. The van der Waals surface area contributed by atoms with Crippen molar-refractivity contribution in [2.45, 2.75) is 38.8 Å². The van der Waals surface area contributed by atoms with Gasteiger partial charge in [0.25, 0.3) is 0 Å². The lowest BCUT2D eigenvalue weighted by Crippen LogP contribution is -2.39. The van der Waals surface area contributed by atoms with E-state index in [1.165, 1.54) is 6.07 Å². The number of nitrogens with one attached hydrogen (secondary N) is 1. The van der Waals surface area contributed by atoms with Crippen molar-refractivity contribution in [1.29, 1.82) is 0 Å². The van der Waals surface area contributed by atoms with Crippen molar-refractivity contribution < 1.29 is 9.50 Å². The van der Waals surface area contributed by atoms with Gasteiger partial charge in [-0.15, -0.1) is 0 Å². The van der Waals surface area contributed by atoms with Crippen LogP contribution in [0.3, 0.4) is 0 Å². The molecule has 0 bridgehead atoms. The lowest BCUT2D eigenvalue weighted by molar-refractivity contribution is 0.151. The number of hydrogen-bond acceptors (Lipinski definition) is 3. The summed E-state index contributed by atoms with van der Waals surface area (Å²) >= 11 is 0. The molecular formula is C15H23FN2O. The summed E-state index contributed by atoms with van der Waals surface area (Å²) in [7, 11) is 0. The Morgan fingerprint density at radius 2 is 2.32 bits per heavy atom. The van der Waals surface area contributed by atoms with Crippen molar-refractivity contribution in [2.75, 3.05) is 19.6 Å². The summed E-state index contributed by atoms with van der Waals surface area (Å²) in [5.41, 5.74) is 0.665. The molecule has 0 radical (unpaired) electrons. The quantitative estimate of drug-likeness (QED) is 0.860. The molecule has 0 spiro atoms. The number of halogens is 1. The van der Waals surface area contributed by atoms with Crippen LogP contribution in [0, 0.1) is 5.82 Å². The minimum absolute atomic E-state index is 0.0157. The summed E-state index contributed by atoms with van der Waals surface area (Å²) in [5, 5.41) is 12.7. The number of rotatable bonds is 5. The molecular weight excluding hydrogens is 243 g/mol. The van der Waals surface area contributed by atoms with Gasteiger partial charge in [-0.1, -0.05) is 13.0 Å². The lowest BCUT2D eigenvalue weighted by Gasteiger charge is -2.34. The molecule has 1 aromatic carbocycles. The fourth-order valence-corrected chi connectivity index (χ4v) is 2.91. The number of phenolic OH excluding ortho intramolecular Hbond substituents is 1. The summed E-state index contributed by atoms with van der Waals surface area (Å²) in [4.78, 5) is 2.37. The number of phenols is 1. The maximum atomic E-state index is 14.0. The van der Waals surface area contributed by atoms with E-state index in [-0.39, 0.29) is 17.6 Å². The van der Waals surface area contributed by atoms with Crippen molar-refractivity contribution in [2.24, 2.45) is 0 Å². The molecule has 2 N–H and O–H groups in total. The summed E-state index contributed by atoms with van der Waals surface area (Å²) < 4.78 is 14.0. The van der Waals surface area contributed by atoms with E-state index >= 15 is 0 Å². The van der Waals surface area contributed by atoms with Crippen LogP contribution in [0.4, 0.5) is 4.39 Å². The monoisotopic (exact) mass is 266 g/mol. The van der Waals surface area contributed by atoms with Crippen LogP contribution in [0.5, 0.6) is 5.75 Å². The van der Waals surface area contributed by atoms with Gasteiger partial charge in [-0.25, -0.2) is 4.39 Å². The van der Waals surface area contributed by atoms with Crippen molar-refractivity contribution in [3.05, 3.63) is 29.6 Å². The first-order valence-corrected chi connectivity index (χ1v) is 7.08. The van der Waals surface area contributed by atoms with E-state index in [1.54, 1.807) is 12.1 Å². The van der Waals surface area contributed by atoms with Crippen LogP contribution in [-0.4, -0.2) is 35.7 Å². The Labute approximate surface area is 114 Å². The van der Waals surface area contributed by atoms with Gasteiger partial charge in [-0.2, -0.15) is 0 Å². The highest BCUT2D eigenvalue weighted by Gasteiger charge is 2.27. The van der Waals surface area contributed by atoms with Gasteiger partial charge < -0.3 is 10.4 Å². The van der Waals surface area contributed by atoms with Gasteiger partial charge in [0.05, 0.1) is 0 Å². The van der Waals surface area contributed by atoms with Crippen LogP contribution in [0.15, 0.2) is 18.2 Å². The van der Waals surface area contributed by atoms with Crippen LogP contribution in [0.1, 0.15) is 38.3 Å². The summed E-state index contributed by atoms with van der Waals surface area (Å²) in [6.07, 6.45) is 2.17. The zero-order chi connectivity index (χ0) is 13.8. The molecule has 0 aromatic heterocycles. The molecule has 0 aliphatic carbocycles. The van der Waals surface area contributed by atoms with Crippen molar-refractivity contribution in [1.82, 2.24) is 10.2 Å². The first-order valence-electron chi connectivity index (χ1n) is 7.08. The Balaban J connectivity index is 2.19. The van der Waals surface area contributed by atoms with E-state index in [4.69, 9.17) is 0 Å². The minimum Gasteiger partial charge on any atom is -0.508 e. The van der Waals surface area contributed by atoms with E-state index < -0.39 is 0 Å². The second-order valence-corrected chi connectivity index (χ2v) is 5.27. The average molecular weight is 266 g/mol. The topological polar surface area (TPSA) is 35.5 Å². The normalized spacial score (nSPS) is 20.9. The second-order valence-electron chi connectivity index (χ2n) is 5.27. The molecule has 106 valence electrons. The highest BCUT2D eigenvalue weighted by molar-refractivity contribution is 5.29. The van der Waals surface area contributed by atoms with Gasteiger partial charge in [0.15, 0.2) is 0 Å². The molecule has 0 saturated carbocycles. The molecule has 1 aliphatic heterocycles. The molecule has 4 heteroatoms. The Kier molecular flexibility index (Phi) is 4.77. The smallest absolute Gasteiger partial charge is 0.131 e. The predicted octanol–water partition coefficient (Wildman–Crippen LogP) is 2.67. The molecule has 2 atom stereocenters. The van der Waals surface area contributed by atoms with Crippen LogP contribution >= 0.6 is 0 Å². The molecule has 1 aromatic rings. The third-order valence-electron chi connectivity index (χ3n) is 3.92. The Hall–Kier alpha value is -1.13. The maximum absolute atomic E-state index is 14.0. The first-order chi connectivity index (χ1) is 9.13. The molecule has 1 heterocycles. The highest BCUT2D eigenvalue weighted by atomic mass is 19.1. The molecule has 3 nitrogen and oxygen atoms in total. The Bertz CT molecular complexity index is 419. The van der Waals surface area contributed by atoms with E-state index in [0.717, 1.165) is 32.5 Å². The van der Waals surface area contributed by atoms with E-state index in [2.05, 4.69) is 17.1 Å². The zero-order valence-corrected chi connectivity index (χ0v) is 11.7. The maximum Gasteiger partial charge on any atom is 0.131 e. The molecule has 1 fully saturated rings. The third kappa shape index (κ3) is 3.25. The van der Waals surface area contributed by atoms with Crippen LogP contribution in [-0.2, 0) is 0 Å². The third-order valence-corrected chi connectivity index (χ3v) is 3.92. The van der Waals surface area contributed by atoms with E-state index in [0.29, 0.717) is 11.6 Å². The average Bonchev–Trinajstić information content (AvgIpc) is 2.89. The van der Waals surface area contributed by atoms with Gasteiger partial charge in [0, 0.05) is 30.3 Å². The lowest BCUT2D eigenvalue weighted by atomic mass is 10.0. The summed E-state index contributed by atoms with van der Waals surface area (Å²) in [6, 6.07) is 4.96. The first kappa shape index (κ1) is 14.3. The molecule has 19 heavy (non-hydrogen) atoms. The van der Waals surface area contributed by atoms with E-state index in [9.17, 15) is 9.50 Å². The van der Waals surface area contributed by atoms with E-state index in [1.807, 2.05) is 6.92 Å². The van der Waals surface area contributed by atoms with Gasteiger partial charge in [-0.3, -0.25) is 4.90 Å². The summed E-state index contributed by atoms with van der Waals surface area (Å²) in [5.74, 6) is -0.336. The van der Waals surface area contributed by atoms with Crippen LogP contribution in [0.25, 0.3) is 0 Å². The second kappa shape index (κ2) is 6.35. The molecule has 1 aliphatic rings. The number of benzene rings is 1. The van der Waals surface area contributed by atoms with Crippen LogP contribution < -0.4 is 5.32 Å². The zero-order valence-electron chi connectivity index (χ0n) is 11.7. The fraction of sp³-hybridized carbons (Fsp3) is 0.600. The fourth-order valence-electron chi connectivity index (χ4n) is 2.91. The van der Waals surface area contributed by atoms with Gasteiger partial charge >= 0.3 is 0 Å². The van der Waals surface area contributed by atoms with Gasteiger partial charge in [0.1, 0.15) is 11.6 Å². The standard InChI is InChI=1S/C15H23FN2O/c1-3-8-18(12-6-7-17-10-12)11(2)14-5-4-13(19)9-15(14)16/h4-5,9,11-12,17,19H,3,6-8,10H2,1-2H3. The largest absolute Gasteiger partial charge is 0.508 e. The van der Waals surface area contributed by atoms with Crippen molar-refractivity contribution in [3.63, 3.8) is 0 Å². The van der Waals surface area contributed by atoms with Crippen molar-refractivity contribution in [3.8, 4) is 5.75 Å².